The van der Waals surface area contributed by atoms with Gasteiger partial charge in [-0.25, -0.2) is 0 Å². The summed E-state index contributed by atoms with van der Waals surface area (Å²) in [6.45, 7) is 5.88. The highest BCUT2D eigenvalue weighted by Gasteiger charge is 2.49. The molecule has 98 valence electrons. The van der Waals surface area contributed by atoms with Crippen molar-refractivity contribution >= 4 is 0 Å². The van der Waals surface area contributed by atoms with Gasteiger partial charge in [0.05, 0.1) is 0 Å². The van der Waals surface area contributed by atoms with Crippen molar-refractivity contribution in [2.75, 3.05) is 13.6 Å². The van der Waals surface area contributed by atoms with E-state index in [0.717, 1.165) is 6.42 Å². The maximum atomic E-state index is 9.82. The van der Waals surface area contributed by atoms with Gasteiger partial charge in [0.2, 0.25) is 0 Å². The third-order valence-corrected chi connectivity index (χ3v) is 5.62. The number of benzene rings is 1. The fraction of sp³-hybridized carbons (Fsp3) is 0.625. The summed E-state index contributed by atoms with van der Waals surface area (Å²) in [5, 5.41) is 9.82. The van der Waals surface area contributed by atoms with Crippen LogP contribution in [0.4, 0.5) is 0 Å². The summed E-state index contributed by atoms with van der Waals surface area (Å²) >= 11 is 0. The Labute approximate surface area is 110 Å². The number of hydrogen-bond acceptors (Lipinski definition) is 2. The summed E-state index contributed by atoms with van der Waals surface area (Å²) in [7, 11) is 2.26. The Bertz CT molecular complexity index is 470. The lowest BCUT2D eigenvalue weighted by atomic mass is 9.57. The zero-order chi connectivity index (χ0) is 12.9. The van der Waals surface area contributed by atoms with E-state index < -0.39 is 0 Å². The second-order valence-electron chi connectivity index (χ2n) is 6.14. The standard InChI is InChI=1S/C16H23NO/c1-4-16-7-8-17(3)15(11(16)2)9-12-5-6-13(18)10-14(12)16/h5-6,10-11,15,18H,4,7-9H2,1-3H3/t11-,15-,16+/m0/s1. The lowest BCUT2D eigenvalue weighted by molar-refractivity contribution is 0.0385. The first-order valence-corrected chi connectivity index (χ1v) is 7.11. The molecule has 1 aromatic rings. The first kappa shape index (κ1) is 12.0. The number of likely N-dealkylation sites (tertiary alicyclic amines) is 1. The first-order chi connectivity index (χ1) is 8.58. The quantitative estimate of drug-likeness (QED) is 0.822. The van der Waals surface area contributed by atoms with Gasteiger partial charge in [0.25, 0.3) is 0 Å². The highest BCUT2D eigenvalue weighted by molar-refractivity contribution is 5.44. The SMILES string of the molecule is CC[C@]12CCN(C)[C@@H](Cc3ccc(O)cc31)[C@@H]2C. The Morgan fingerprint density at radius 1 is 1.44 bits per heavy atom. The molecule has 0 amide bonds. The number of hydrogen-bond donors (Lipinski definition) is 1. The van der Waals surface area contributed by atoms with Crippen molar-refractivity contribution in [2.45, 2.75) is 44.6 Å². The molecule has 1 fully saturated rings. The van der Waals surface area contributed by atoms with Gasteiger partial charge >= 0.3 is 0 Å². The molecule has 0 saturated carbocycles. The Balaban J connectivity index is 2.18. The van der Waals surface area contributed by atoms with Crippen molar-refractivity contribution in [3.05, 3.63) is 29.3 Å². The maximum absolute atomic E-state index is 9.82. The smallest absolute Gasteiger partial charge is 0.115 e. The molecule has 3 rings (SSSR count). The molecule has 1 aliphatic heterocycles. The summed E-state index contributed by atoms with van der Waals surface area (Å²) in [5.41, 5.74) is 3.15. The molecular formula is C16H23NO. The third kappa shape index (κ3) is 1.45. The molecule has 0 aromatic heterocycles. The predicted octanol–water partition coefficient (Wildman–Crippen LogP) is 2.94. The van der Waals surface area contributed by atoms with Crippen molar-refractivity contribution in [1.29, 1.82) is 0 Å². The number of likely N-dealkylation sites (N-methyl/N-ethyl adjacent to an activating group) is 1. The van der Waals surface area contributed by atoms with Crippen LogP contribution in [0.3, 0.4) is 0 Å². The molecule has 3 atom stereocenters. The van der Waals surface area contributed by atoms with Crippen LogP contribution >= 0.6 is 0 Å². The Hall–Kier alpha value is -1.02. The fourth-order valence-electron chi connectivity index (χ4n) is 4.35. The number of aromatic hydroxyl groups is 1. The first-order valence-electron chi connectivity index (χ1n) is 7.11. The Morgan fingerprint density at radius 3 is 2.94 bits per heavy atom. The van der Waals surface area contributed by atoms with E-state index in [1.54, 1.807) is 0 Å². The Kier molecular flexibility index (Phi) is 2.67. The van der Waals surface area contributed by atoms with Crippen LogP contribution in [0.5, 0.6) is 5.75 Å². The molecular weight excluding hydrogens is 222 g/mol. The van der Waals surface area contributed by atoms with Crippen molar-refractivity contribution in [3.63, 3.8) is 0 Å². The van der Waals surface area contributed by atoms with E-state index in [9.17, 15) is 5.11 Å². The van der Waals surface area contributed by atoms with E-state index in [4.69, 9.17) is 0 Å². The normalized spacial score (nSPS) is 35.3. The van der Waals surface area contributed by atoms with Crippen LogP contribution in [0.1, 0.15) is 37.8 Å². The van der Waals surface area contributed by atoms with Crippen molar-refractivity contribution in [3.8, 4) is 5.75 Å². The molecule has 2 aliphatic rings. The van der Waals surface area contributed by atoms with Gasteiger partial charge in [-0.05, 0) is 62.0 Å². The van der Waals surface area contributed by atoms with Gasteiger partial charge in [0.1, 0.15) is 5.75 Å². The van der Waals surface area contributed by atoms with Crippen LogP contribution in [0, 0.1) is 5.92 Å². The molecule has 2 nitrogen and oxygen atoms in total. The highest BCUT2D eigenvalue weighted by Crippen LogP contribution is 2.50. The number of phenolic OH excluding ortho intramolecular Hbond substituents is 1. The van der Waals surface area contributed by atoms with Crippen LogP contribution in [-0.2, 0) is 11.8 Å². The molecule has 18 heavy (non-hydrogen) atoms. The summed E-state index contributed by atoms with van der Waals surface area (Å²) < 4.78 is 0. The zero-order valence-corrected chi connectivity index (χ0v) is 11.6. The lowest BCUT2D eigenvalue weighted by Gasteiger charge is -2.55. The van der Waals surface area contributed by atoms with Gasteiger partial charge in [0.15, 0.2) is 0 Å². The summed E-state index contributed by atoms with van der Waals surface area (Å²) in [4.78, 5) is 2.52. The monoisotopic (exact) mass is 245 g/mol. The average Bonchev–Trinajstić information content (AvgIpc) is 2.36. The van der Waals surface area contributed by atoms with E-state index >= 15 is 0 Å². The molecule has 1 aromatic carbocycles. The van der Waals surface area contributed by atoms with Crippen molar-refractivity contribution in [1.82, 2.24) is 4.90 Å². The molecule has 0 spiro atoms. The topological polar surface area (TPSA) is 23.5 Å². The molecule has 1 heterocycles. The maximum Gasteiger partial charge on any atom is 0.115 e. The number of phenols is 1. The number of rotatable bonds is 1. The van der Waals surface area contributed by atoms with Gasteiger partial charge < -0.3 is 10.0 Å². The van der Waals surface area contributed by atoms with Crippen molar-refractivity contribution < 1.29 is 5.11 Å². The molecule has 1 N–H and O–H groups in total. The second-order valence-corrected chi connectivity index (χ2v) is 6.14. The molecule has 2 bridgehead atoms. The molecule has 1 saturated heterocycles. The fourth-order valence-corrected chi connectivity index (χ4v) is 4.35. The van der Waals surface area contributed by atoms with Crippen LogP contribution in [0.25, 0.3) is 0 Å². The molecule has 2 heteroatoms. The largest absolute Gasteiger partial charge is 0.508 e. The Morgan fingerprint density at radius 2 is 2.22 bits per heavy atom. The van der Waals surface area contributed by atoms with Gasteiger partial charge in [-0.15, -0.1) is 0 Å². The van der Waals surface area contributed by atoms with Crippen molar-refractivity contribution in [2.24, 2.45) is 5.92 Å². The van der Waals surface area contributed by atoms with Crippen LogP contribution in [0.2, 0.25) is 0 Å². The molecule has 1 aliphatic carbocycles. The molecule has 0 unspecified atom stereocenters. The van der Waals surface area contributed by atoms with E-state index in [1.807, 2.05) is 12.1 Å². The minimum absolute atomic E-state index is 0.281. The second kappa shape index (κ2) is 3.99. The number of fused-ring (bicyclic) bond motifs is 4. The minimum Gasteiger partial charge on any atom is -0.508 e. The summed E-state index contributed by atoms with van der Waals surface area (Å²) in [6.07, 6.45) is 3.53. The van der Waals surface area contributed by atoms with Crippen LogP contribution < -0.4 is 0 Å². The van der Waals surface area contributed by atoms with Crippen LogP contribution in [0.15, 0.2) is 18.2 Å². The summed E-state index contributed by atoms with van der Waals surface area (Å²) in [5.74, 6) is 1.10. The van der Waals surface area contributed by atoms with Gasteiger partial charge in [-0.3, -0.25) is 0 Å². The number of piperidine rings is 1. The third-order valence-electron chi connectivity index (χ3n) is 5.62. The van der Waals surface area contributed by atoms with Gasteiger partial charge in [0, 0.05) is 11.5 Å². The van der Waals surface area contributed by atoms with E-state index in [-0.39, 0.29) is 5.41 Å². The average molecular weight is 245 g/mol. The van der Waals surface area contributed by atoms with Gasteiger partial charge in [-0.2, -0.15) is 0 Å². The number of nitrogens with zero attached hydrogens (tertiary/aromatic N) is 1. The summed E-state index contributed by atoms with van der Waals surface area (Å²) in [6, 6.07) is 6.66. The lowest BCUT2D eigenvalue weighted by Crippen LogP contribution is -2.57. The van der Waals surface area contributed by atoms with Crippen LogP contribution in [-0.4, -0.2) is 29.6 Å². The van der Waals surface area contributed by atoms with Gasteiger partial charge in [-0.1, -0.05) is 19.9 Å². The minimum atomic E-state index is 0.281. The van der Waals surface area contributed by atoms with E-state index in [2.05, 4.69) is 31.9 Å². The van der Waals surface area contributed by atoms with E-state index in [0.29, 0.717) is 17.7 Å². The zero-order valence-electron chi connectivity index (χ0n) is 11.6. The van der Waals surface area contributed by atoms with E-state index in [1.165, 1.54) is 30.5 Å². The molecule has 0 radical (unpaired) electrons. The highest BCUT2D eigenvalue weighted by atomic mass is 16.3. The predicted molar refractivity (Wildman–Crippen MR) is 74.0 cm³/mol.